The summed E-state index contributed by atoms with van der Waals surface area (Å²) in [6.45, 7) is 3.02. The van der Waals surface area contributed by atoms with Gasteiger partial charge in [0.25, 0.3) is 0 Å². The zero-order chi connectivity index (χ0) is 12.5. The average Bonchev–Trinajstić information content (AvgIpc) is 2.41. The third kappa shape index (κ3) is 1.84. The van der Waals surface area contributed by atoms with Crippen molar-refractivity contribution in [1.29, 1.82) is 0 Å². The Hall–Kier alpha value is -2.30. The van der Waals surface area contributed by atoms with Crippen LogP contribution in [-0.4, -0.2) is 23.2 Å². The molecule has 0 aliphatic carbocycles. The van der Waals surface area contributed by atoms with Crippen molar-refractivity contribution in [1.82, 2.24) is 9.97 Å². The molecule has 1 aliphatic heterocycles. The van der Waals surface area contributed by atoms with Gasteiger partial charge in [-0.3, -0.25) is 0 Å². The van der Waals surface area contributed by atoms with E-state index in [0.29, 0.717) is 24.9 Å². The van der Waals surface area contributed by atoms with E-state index in [2.05, 4.69) is 9.97 Å². The van der Waals surface area contributed by atoms with E-state index >= 15 is 0 Å². The van der Waals surface area contributed by atoms with Gasteiger partial charge in [-0.05, 0) is 25.1 Å². The Labute approximate surface area is 105 Å². The standard InChI is InChI=1S/C13H13N3O2/c1-8-7-15-13(16-12(8)14)9-2-3-10-11(6-9)18-5-4-17-10/h2-3,6-7H,4-5H2,1H3,(H2,14,15,16). The Morgan fingerprint density at radius 1 is 1.17 bits per heavy atom. The van der Waals surface area contributed by atoms with Crippen molar-refractivity contribution in [3.63, 3.8) is 0 Å². The topological polar surface area (TPSA) is 70.3 Å². The molecule has 1 aromatic heterocycles. The van der Waals surface area contributed by atoms with E-state index in [1.807, 2.05) is 25.1 Å². The van der Waals surface area contributed by atoms with Crippen LogP contribution in [0, 0.1) is 6.92 Å². The van der Waals surface area contributed by atoms with E-state index < -0.39 is 0 Å². The monoisotopic (exact) mass is 243 g/mol. The lowest BCUT2D eigenvalue weighted by Gasteiger charge is -2.18. The van der Waals surface area contributed by atoms with Gasteiger partial charge in [-0.1, -0.05) is 0 Å². The summed E-state index contributed by atoms with van der Waals surface area (Å²) in [5, 5.41) is 0. The molecular weight excluding hydrogens is 230 g/mol. The van der Waals surface area contributed by atoms with Crippen LogP contribution in [-0.2, 0) is 0 Å². The highest BCUT2D eigenvalue weighted by molar-refractivity contribution is 5.62. The van der Waals surface area contributed by atoms with Crippen LogP contribution >= 0.6 is 0 Å². The van der Waals surface area contributed by atoms with Crippen LogP contribution in [0.15, 0.2) is 24.4 Å². The van der Waals surface area contributed by atoms with E-state index in [-0.39, 0.29) is 0 Å². The second-order valence-corrected chi connectivity index (χ2v) is 4.12. The second kappa shape index (κ2) is 4.18. The third-order valence-electron chi connectivity index (χ3n) is 2.81. The molecule has 5 heteroatoms. The fourth-order valence-electron chi connectivity index (χ4n) is 1.78. The number of rotatable bonds is 1. The number of nitrogens with two attached hydrogens (primary N) is 1. The molecule has 92 valence electrons. The molecule has 0 bridgehead atoms. The lowest BCUT2D eigenvalue weighted by Crippen LogP contribution is -2.15. The predicted octanol–water partition coefficient (Wildman–Crippen LogP) is 1.81. The number of nitrogen functional groups attached to an aromatic ring is 1. The molecule has 2 N–H and O–H groups in total. The number of aryl methyl sites for hydroxylation is 1. The molecular formula is C13H13N3O2. The van der Waals surface area contributed by atoms with Crippen LogP contribution in [0.4, 0.5) is 5.82 Å². The first-order valence-corrected chi connectivity index (χ1v) is 5.73. The fourth-order valence-corrected chi connectivity index (χ4v) is 1.78. The number of hydrogen-bond acceptors (Lipinski definition) is 5. The number of aromatic nitrogens is 2. The molecule has 0 radical (unpaired) electrons. The minimum Gasteiger partial charge on any atom is -0.486 e. The number of nitrogens with zero attached hydrogens (tertiary/aromatic N) is 2. The smallest absolute Gasteiger partial charge is 0.162 e. The van der Waals surface area contributed by atoms with Crippen LogP contribution in [0.2, 0.25) is 0 Å². The summed E-state index contributed by atoms with van der Waals surface area (Å²) in [6, 6.07) is 5.64. The summed E-state index contributed by atoms with van der Waals surface area (Å²) in [6.07, 6.45) is 1.72. The van der Waals surface area contributed by atoms with Crippen molar-refractivity contribution in [2.45, 2.75) is 6.92 Å². The molecule has 0 unspecified atom stereocenters. The van der Waals surface area contributed by atoms with E-state index in [9.17, 15) is 0 Å². The van der Waals surface area contributed by atoms with Crippen LogP contribution in [0.1, 0.15) is 5.56 Å². The van der Waals surface area contributed by atoms with Gasteiger partial charge in [0.05, 0.1) is 0 Å². The quantitative estimate of drug-likeness (QED) is 0.827. The highest BCUT2D eigenvalue weighted by Crippen LogP contribution is 2.33. The molecule has 5 nitrogen and oxygen atoms in total. The molecule has 0 spiro atoms. The molecule has 1 aromatic carbocycles. The van der Waals surface area contributed by atoms with Gasteiger partial charge in [0.15, 0.2) is 17.3 Å². The van der Waals surface area contributed by atoms with Crippen LogP contribution in [0.25, 0.3) is 11.4 Å². The first-order valence-electron chi connectivity index (χ1n) is 5.73. The Morgan fingerprint density at radius 3 is 2.72 bits per heavy atom. The minimum absolute atomic E-state index is 0.495. The van der Waals surface area contributed by atoms with Gasteiger partial charge in [-0.25, -0.2) is 9.97 Å². The summed E-state index contributed by atoms with van der Waals surface area (Å²) < 4.78 is 11.0. The Bertz CT molecular complexity index is 599. The number of ether oxygens (including phenoxy) is 2. The maximum atomic E-state index is 5.79. The molecule has 2 aromatic rings. The minimum atomic E-state index is 0.495. The van der Waals surface area contributed by atoms with E-state index in [1.165, 1.54) is 0 Å². The molecule has 1 aliphatic rings. The van der Waals surface area contributed by atoms with Gasteiger partial charge < -0.3 is 15.2 Å². The van der Waals surface area contributed by atoms with Crippen molar-refractivity contribution in [2.75, 3.05) is 18.9 Å². The first-order chi connectivity index (χ1) is 8.74. The lowest BCUT2D eigenvalue weighted by molar-refractivity contribution is 0.171. The van der Waals surface area contributed by atoms with Gasteiger partial charge >= 0.3 is 0 Å². The second-order valence-electron chi connectivity index (χ2n) is 4.12. The molecule has 3 rings (SSSR count). The van der Waals surface area contributed by atoms with Crippen molar-refractivity contribution in [2.24, 2.45) is 0 Å². The van der Waals surface area contributed by atoms with E-state index in [0.717, 1.165) is 22.6 Å². The Morgan fingerprint density at radius 2 is 1.94 bits per heavy atom. The van der Waals surface area contributed by atoms with Gasteiger partial charge in [0, 0.05) is 17.3 Å². The van der Waals surface area contributed by atoms with Crippen molar-refractivity contribution in [3.05, 3.63) is 30.0 Å². The number of fused-ring (bicyclic) bond motifs is 1. The maximum Gasteiger partial charge on any atom is 0.162 e. The van der Waals surface area contributed by atoms with Gasteiger partial charge in [0.2, 0.25) is 0 Å². The summed E-state index contributed by atoms with van der Waals surface area (Å²) in [5.41, 5.74) is 7.53. The Balaban J connectivity index is 2.03. The molecule has 0 saturated carbocycles. The summed E-state index contributed by atoms with van der Waals surface area (Å²) in [4.78, 5) is 8.53. The summed E-state index contributed by atoms with van der Waals surface area (Å²) in [7, 11) is 0. The van der Waals surface area contributed by atoms with E-state index in [4.69, 9.17) is 15.2 Å². The molecule has 0 fully saturated rings. The highest BCUT2D eigenvalue weighted by atomic mass is 16.6. The third-order valence-corrected chi connectivity index (χ3v) is 2.81. The lowest BCUT2D eigenvalue weighted by atomic mass is 10.1. The highest BCUT2D eigenvalue weighted by Gasteiger charge is 2.13. The molecule has 0 atom stereocenters. The molecule has 0 amide bonds. The fraction of sp³-hybridized carbons (Fsp3) is 0.231. The zero-order valence-electron chi connectivity index (χ0n) is 10.0. The largest absolute Gasteiger partial charge is 0.486 e. The van der Waals surface area contributed by atoms with Crippen molar-refractivity contribution >= 4 is 5.82 Å². The molecule has 2 heterocycles. The summed E-state index contributed by atoms with van der Waals surface area (Å²) in [5.74, 6) is 2.57. The SMILES string of the molecule is Cc1cnc(-c2ccc3c(c2)OCCO3)nc1N. The van der Waals surface area contributed by atoms with Crippen LogP contribution < -0.4 is 15.2 Å². The van der Waals surface area contributed by atoms with Crippen molar-refractivity contribution in [3.8, 4) is 22.9 Å². The summed E-state index contributed by atoms with van der Waals surface area (Å²) >= 11 is 0. The van der Waals surface area contributed by atoms with Gasteiger partial charge in [0.1, 0.15) is 19.0 Å². The molecule has 0 saturated heterocycles. The van der Waals surface area contributed by atoms with Crippen LogP contribution in [0.5, 0.6) is 11.5 Å². The Kier molecular flexibility index (Phi) is 2.51. The zero-order valence-corrected chi connectivity index (χ0v) is 10.0. The van der Waals surface area contributed by atoms with Crippen molar-refractivity contribution < 1.29 is 9.47 Å². The molecule has 18 heavy (non-hydrogen) atoms. The normalized spacial score (nSPS) is 13.4. The maximum absolute atomic E-state index is 5.79. The number of hydrogen-bond donors (Lipinski definition) is 1. The number of benzene rings is 1. The predicted molar refractivity (Wildman–Crippen MR) is 67.6 cm³/mol. The average molecular weight is 243 g/mol. The number of anilines is 1. The van der Waals surface area contributed by atoms with Crippen LogP contribution in [0.3, 0.4) is 0 Å². The first kappa shape index (κ1) is 10.8. The van der Waals surface area contributed by atoms with Gasteiger partial charge in [-0.15, -0.1) is 0 Å². The van der Waals surface area contributed by atoms with Gasteiger partial charge in [-0.2, -0.15) is 0 Å². The van der Waals surface area contributed by atoms with E-state index in [1.54, 1.807) is 6.20 Å².